The number of fused-ring (bicyclic) bond motifs is 1. The number of hydrogen-bond donors (Lipinski definition) is 2. The van der Waals surface area contributed by atoms with E-state index in [4.69, 9.17) is 5.73 Å². The van der Waals surface area contributed by atoms with Gasteiger partial charge in [0.2, 0.25) is 12.2 Å². The number of carbonyl (C=O) groups is 1. The molecule has 3 N–H and O–H groups in total. The molecule has 1 heterocycles. The third-order valence-electron chi connectivity index (χ3n) is 4.50. The van der Waals surface area contributed by atoms with Gasteiger partial charge in [0.1, 0.15) is 11.6 Å². The van der Waals surface area contributed by atoms with Crippen LogP contribution in [0.15, 0.2) is 36.4 Å². The number of carbonyl (C=O) groups excluding carboxylic acids is 2. The van der Waals surface area contributed by atoms with Gasteiger partial charge in [0.05, 0.1) is 11.5 Å². The molecule has 6 heteroatoms. The van der Waals surface area contributed by atoms with Gasteiger partial charge in [0.25, 0.3) is 0 Å². The van der Waals surface area contributed by atoms with E-state index in [-0.39, 0.29) is 6.42 Å². The first-order valence-corrected chi connectivity index (χ1v) is 7.37. The molecule has 0 saturated heterocycles. The maximum atomic E-state index is 13.6. The molecule has 1 amide bonds. The minimum atomic E-state index is -1.12. The molecule has 1 radical (unpaired) electrons. The first kappa shape index (κ1) is 16.1. The predicted molar refractivity (Wildman–Crippen MR) is 85.0 cm³/mol. The molecule has 4 nitrogen and oxygen atoms in total. The second kappa shape index (κ2) is 5.70. The zero-order chi connectivity index (χ0) is 17.5. The number of rotatable bonds is 3. The van der Waals surface area contributed by atoms with Gasteiger partial charge in [-0.2, -0.15) is 0 Å². The summed E-state index contributed by atoms with van der Waals surface area (Å²) < 4.78 is 27.2. The highest BCUT2D eigenvalue weighted by atomic mass is 19.1. The summed E-state index contributed by atoms with van der Waals surface area (Å²) in [5.74, 6) is -2.05. The molecule has 24 heavy (non-hydrogen) atoms. The Morgan fingerprint density at radius 2 is 1.92 bits per heavy atom. The summed E-state index contributed by atoms with van der Waals surface area (Å²) in [5, 5.41) is 3.13. The first-order valence-electron chi connectivity index (χ1n) is 7.37. The van der Waals surface area contributed by atoms with Gasteiger partial charge in [-0.15, -0.1) is 0 Å². The second-order valence-corrected chi connectivity index (χ2v) is 6.21. The maximum Gasteiger partial charge on any atom is 0.233 e. The molecule has 2 aromatic rings. The van der Waals surface area contributed by atoms with Crippen molar-refractivity contribution in [3.8, 4) is 0 Å². The first-order chi connectivity index (χ1) is 11.3. The van der Waals surface area contributed by atoms with Gasteiger partial charge in [0, 0.05) is 17.3 Å². The molecule has 0 spiro atoms. The Kier molecular flexibility index (Phi) is 3.83. The van der Waals surface area contributed by atoms with Crippen molar-refractivity contribution in [3.05, 3.63) is 64.7 Å². The van der Waals surface area contributed by atoms with Crippen LogP contribution in [-0.2, 0) is 16.0 Å². The molecule has 3 rings (SSSR count). The van der Waals surface area contributed by atoms with Crippen LogP contribution in [0.4, 0.5) is 14.5 Å². The van der Waals surface area contributed by atoms with E-state index in [0.717, 1.165) is 11.6 Å². The van der Waals surface area contributed by atoms with Crippen molar-refractivity contribution in [3.63, 3.8) is 0 Å². The summed E-state index contributed by atoms with van der Waals surface area (Å²) in [5.41, 5.74) is 6.54. The molecule has 1 aliphatic heterocycles. The molecule has 2 atom stereocenters. The van der Waals surface area contributed by atoms with Crippen molar-refractivity contribution in [2.45, 2.75) is 19.4 Å². The molecule has 0 aromatic heterocycles. The fourth-order valence-electron chi connectivity index (χ4n) is 3.18. The van der Waals surface area contributed by atoms with Gasteiger partial charge >= 0.3 is 0 Å². The van der Waals surface area contributed by atoms with E-state index < -0.39 is 29.0 Å². The maximum absolute atomic E-state index is 13.6. The quantitative estimate of drug-likeness (QED) is 0.909. The highest BCUT2D eigenvalue weighted by Crippen LogP contribution is 2.45. The SMILES string of the molecule is CC1(C(N)=O)Cc2cc([C]=O)ccc2NC1c1cc(F)cc(F)c1. The van der Waals surface area contributed by atoms with Gasteiger partial charge in [0.15, 0.2) is 0 Å². The lowest BCUT2D eigenvalue weighted by atomic mass is 9.70. The summed E-state index contributed by atoms with van der Waals surface area (Å²) in [7, 11) is 0. The normalized spacial score (nSPS) is 22.4. The fraction of sp³-hybridized carbons (Fsp3) is 0.222. The van der Waals surface area contributed by atoms with Crippen LogP contribution in [0.25, 0.3) is 0 Å². The molecule has 2 aromatic carbocycles. The van der Waals surface area contributed by atoms with E-state index in [1.54, 1.807) is 31.4 Å². The summed E-state index contributed by atoms with van der Waals surface area (Å²) in [6.45, 7) is 1.63. The Hall–Kier alpha value is -2.76. The Labute approximate surface area is 137 Å². The average molecular weight is 329 g/mol. The zero-order valence-electron chi connectivity index (χ0n) is 12.9. The smallest absolute Gasteiger partial charge is 0.233 e. The van der Waals surface area contributed by atoms with E-state index >= 15 is 0 Å². The van der Waals surface area contributed by atoms with E-state index in [1.807, 2.05) is 0 Å². The van der Waals surface area contributed by atoms with E-state index in [2.05, 4.69) is 5.32 Å². The van der Waals surface area contributed by atoms with Crippen LogP contribution in [0.2, 0.25) is 0 Å². The monoisotopic (exact) mass is 329 g/mol. The number of benzene rings is 2. The average Bonchev–Trinajstić information content (AvgIpc) is 2.52. The Balaban J connectivity index is 2.13. The Bertz CT molecular complexity index is 818. The van der Waals surface area contributed by atoms with Crippen LogP contribution in [0.1, 0.15) is 29.7 Å². The molecule has 0 bridgehead atoms. The molecule has 1 aliphatic rings. The molecule has 0 fully saturated rings. The van der Waals surface area contributed by atoms with Crippen molar-refractivity contribution >= 4 is 17.9 Å². The Morgan fingerprint density at radius 3 is 2.50 bits per heavy atom. The van der Waals surface area contributed by atoms with Crippen LogP contribution in [0, 0.1) is 17.0 Å². The van der Waals surface area contributed by atoms with Crippen LogP contribution >= 0.6 is 0 Å². The van der Waals surface area contributed by atoms with E-state index in [1.165, 1.54) is 12.1 Å². The number of nitrogens with two attached hydrogens (primary N) is 1. The third-order valence-corrected chi connectivity index (χ3v) is 4.50. The third kappa shape index (κ3) is 2.64. The molecule has 123 valence electrons. The summed E-state index contributed by atoms with van der Waals surface area (Å²) in [6, 6.07) is 7.32. The summed E-state index contributed by atoms with van der Waals surface area (Å²) in [6.07, 6.45) is 2.04. The Morgan fingerprint density at radius 1 is 1.25 bits per heavy atom. The van der Waals surface area contributed by atoms with Crippen molar-refractivity contribution in [1.82, 2.24) is 0 Å². The van der Waals surface area contributed by atoms with Crippen LogP contribution in [-0.4, -0.2) is 12.2 Å². The topological polar surface area (TPSA) is 72.2 Å². The fourth-order valence-corrected chi connectivity index (χ4v) is 3.18. The predicted octanol–water partition coefficient (Wildman–Crippen LogP) is 2.62. The zero-order valence-corrected chi connectivity index (χ0v) is 12.9. The largest absolute Gasteiger partial charge is 0.377 e. The number of halogens is 2. The molecule has 0 saturated carbocycles. The van der Waals surface area contributed by atoms with Gasteiger partial charge in [-0.05, 0) is 54.8 Å². The van der Waals surface area contributed by atoms with Crippen LogP contribution in [0.5, 0.6) is 0 Å². The van der Waals surface area contributed by atoms with Gasteiger partial charge in [-0.3, -0.25) is 9.59 Å². The lowest BCUT2D eigenvalue weighted by molar-refractivity contribution is -0.127. The number of anilines is 1. The molecular weight excluding hydrogens is 314 g/mol. The van der Waals surface area contributed by atoms with E-state index in [0.29, 0.717) is 16.8 Å². The highest BCUT2D eigenvalue weighted by Gasteiger charge is 2.44. The lowest BCUT2D eigenvalue weighted by Gasteiger charge is -2.41. The number of hydrogen-bond acceptors (Lipinski definition) is 3. The van der Waals surface area contributed by atoms with Crippen LogP contribution < -0.4 is 11.1 Å². The molecule has 0 aliphatic carbocycles. The summed E-state index contributed by atoms with van der Waals surface area (Å²) >= 11 is 0. The van der Waals surface area contributed by atoms with E-state index in [9.17, 15) is 18.4 Å². The van der Waals surface area contributed by atoms with Gasteiger partial charge < -0.3 is 11.1 Å². The van der Waals surface area contributed by atoms with Gasteiger partial charge in [-0.1, -0.05) is 0 Å². The molecular formula is C18H15F2N2O2. The number of primary amides is 1. The van der Waals surface area contributed by atoms with Crippen molar-refractivity contribution in [2.75, 3.05) is 5.32 Å². The number of amides is 1. The van der Waals surface area contributed by atoms with Crippen LogP contribution in [0.3, 0.4) is 0 Å². The number of nitrogens with one attached hydrogen (secondary N) is 1. The second-order valence-electron chi connectivity index (χ2n) is 6.21. The lowest BCUT2D eigenvalue weighted by Crippen LogP contribution is -2.46. The molecule has 2 unspecified atom stereocenters. The minimum absolute atomic E-state index is 0.239. The van der Waals surface area contributed by atoms with Crippen molar-refractivity contribution < 1.29 is 18.4 Å². The highest BCUT2D eigenvalue weighted by molar-refractivity contribution is 5.85. The van der Waals surface area contributed by atoms with Gasteiger partial charge in [-0.25, -0.2) is 8.78 Å². The standard InChI is InChI=1S/C18H15F2N2O2/c1-18(17(21)24)8-12-4-10(9-23)2-3-15(12)22-16(18)11-5-13(19)7-14(20)6-11/h2-7,16,22H,8H2,1H3,(H2,21,24). The minimum Gasteiger partial charge on any atom is -0.377 e. The van der Waals surface area contributed by atoms with Crippen molar-refractivity contribution in [1.29, 1.82) is 0 Å². The summed E-state index contributed by atoms with van der Waals surface area (Å²) in [4.78, 5) is 22.9. The van der Waals surface area contributed by atoms with Crippen molar-refractivity contribution in [2.24, 2.45) is 11.1 Å².